The Balaban J connectivity index is 1.99. The van der Waals surface area contributed by atoms with E-state index in [1.165, 1.54) is 23.2 Å². The van der Waals surface area contributed by atoms with Gasteiger partial charge in [0.25, 0.3) is 0 Å². The molecule has 3 aromatic rings. The zero-order valence-corrected chi connectivity index (χ0v) is 14.0. The molecule has 0 fully saturated rings. The Morgan fingerprint density at radius 2 is 2.00 bits per heavy atom. The van der Waals surface area contributed by atoms with Gasteiger partial charge in [-0.05, 0) is 47.4 Å². The second kappa shape index (κ2) is 6.86. The number of hydrogen-bond acceptors (Lipinski definition) is 5. The van der Waals surface area contributed by atoms with Crippen LogP contribution in [-0.4, -0.2) is 22.0 Å². The van der Waals surface area contributed by atoms with Crippen molar-refractivity contribution in [2.75, 3.05) is 7.11 Å². The van der Waals surface area contributed by atoms with Gasteiger partial charge in [0.2, 0.25) is 5.91 Å². The van der Waals surface area contributed by atoms with Crippen LogP contribution in [0.3, 0.4) is 0 Å². The van der Waals surface area contributed by atoms with E-state index < -0.39 is 11.6 Å². The number of benzene rings is 2. The van der Waals surface area contributed by atoms with Crippen molar-refractivity contribution in [3.05, 3.63) is 69.9 Å². The molecule has 0 aliphatic carbocycles. The van der Waals surface area contributed by atoms with Crippen LogP contribution in [0, 0.1) is 5.82 Å². The number of carbonyl (C=O) groups is 1. The molecule has 2 N–H and O–H groups in total. The normalized spacial score (nSPS) is 10.6. The van der Waals surface area contributed by atoms with Gasteiger partial charge in [0, 0.05) is 5.56 Å². The molecule has 0 spiro atoms. The van der Waals surface area contributed by atoms with E-state index in [-0.39, 0.29) is 12.4 Å². The Morgan fingerprint density at radius 3 is 2.64 bits per heavy atom. The molecular formula is C17H14FN3O3S. The number of aromatic nitrogens is 2. The minimum Gasteiger partial charge on any atom is -0.496 e. The number of methoxy groups -OCH3 is 1. The number of nitrogens with two attached hydrogens (primary N) is 1. The minimum atomic E-state index is -0.581. The Kier molecular flexibility index (Phi) is 4.62. The third kappa shape index (κ3) is 3.58. The molecule has 3 rings (SSSR count). The van der Waals surface area contributed by atoms with E-state index in [1.54, 1.807) is 30.3 Å². The van der Waals surface area contributed by atoms with Crippen LogP contribution in [0.15, 0.2) is 47.3 Å². The van der Waals surface area contributed by atoms with Crippen LogP contribution in [-0.2, 0) is 6.54 Å². The lowest BCUT2D eigenvalue weighted by molar-refractivity contribution is 0.100. The third-order valence-corrected chi connectivity index (χ3v) is 4.55. The highest BCUT2D eigenvalue weighted by Crippen LogP contribution is 2.31. The molecule has 6 nitrogen and oxygen atoms in total. The fraction of sp³-hybridized carbons (Fsp3) is 0.118. The summed E-state index contributed by atoms with van der Waals surface area (Å²) in [5.41, 5.74) is 6.46. The fourth-order valence-corrected chi connectivity index (χ4v) is 3.22. The van der Waals surface area contributed by atoms with E-state index in [0.29, 0.717) is 21.9 Å². The van der Waals surface area contributed by atoms with E-state index in [2.05, 4.69) is 4.98 Å². The van der Waals surface area contributed by atoms with Crippen molar-refractivity contribution in [3.63, 3.8) is 0 Å². The summed E-state index contributed by atoms with van der Waals surface area (Å²) in [4.78, 5) is 27.6. The molecule has 1 heterocycles. The summed E-state index contributed by atoms with van der Waals surface area (Å²) in [5, 5.41) is 0.409. The van der Waals surface area contributed by atoms with E-state index in [1.807, 2.05) is 0 Å². The van der Waals surface area contributed by atoms with E-state index in [4.69, 9.17) is 10.5 Å². The van der Waals surface area contributed by atoms with Crippen molar-refractivity contribution in [1.29, 1.82) is 0 Å². The lowest BCUT2D eigenvalue weighted by atomic mass is 10.1. The second-order valence-electron chi connectivity index (χ2n) is 5.23. The Bertz CT molecular complexity index is 980. The Hall–Kier alpha value is -3.00. The number of ether oxygens (including phenoxy) is 1. The molecule has 0 radical (unpaired) electrons. The topological polar surface area (TPSA) is 87.2 Å². The molecule has 25 heavy (non-hydrogen) atoms. The Morgan fingerprint density at radius 1 is 1.28 bits per heavy atom. The average Bonchev–Trinajstić information content (AvgIpc) is 2.96. The molecule has 1 amide bonds. The molecular weight excluding hydrogens is 345 g/mol. The van der Waals surface area contributed by atoms with Crippen molar-refractivity contribution in [3.8, 4) is 16.3 Å². The van der Waals surface area contributed by atoms with Crippen molar-refractivity contribution < 1.29 is 13.9 Å². The molecule has 128 valence electrons. The number of rotatable bonds is 5. The summed E-state index contributed by atoms with van der Waals surface area (Å²) < 4.78 is 19.7. The van der Waals surface area contributed by atoms with Crippen molar-refractivity contribution in [1.82, 2.24) is 8.94 Å². The van der Waals surface area contributed by atoms with Crippen LogP contribution in [0.2, 0.25) is 0 Å². The molecule has 0 saturated carbocycles. The molecule has 0 aliphatic heterocycles. The van der Waals surface area contributed by atoms with Gasteiger partial charge in [-0.1, -0.05) is 12.1 Å². The summed E-state index contributed by atoms with van der Waals surface area (Å²) in [6, 6.07) is 10.6. The van der Waals surface area contributed by atoms with Crippen molar-refractivity contribution in [2.24, 2.45) is 5.73 Å². The average molecular weight is 359 g/mol. The van der Waals surface area contributed by atoms with E-state index in [0.717, 1.165) is 17.1 Å². The fourth-order valence-electron chi connectivity index (χ4n) is 2.30. The number of nitrogens with zero attached hydrogens (tertiary/aromatic N) is 2. The number of hydrogen-bond donors (Lipinski definition) is 1. The van der Waals surface area contributed by atoms with Crippen LogP contribution in [0.1, 0.15) is 15.9 Å². The molecule has 0 atom stereocenters. The maximum Gasteiger partial charge on any atom is 0.358 e. The lowest BCUT2D eigenvalue weighted by Gasteiger charge is -2.07. The summed E-state index contributed by atoms with van der Waals surface area (Å²) in [7, 11) is 1.49. The lowest BCUT2D eigenvalue weighted by Crippen LogP contribution is -2.15. The number of amides is 1. The molecule has 0 saturated heterocycles. The van der Waals surface area contributed by atoms with Gasteiger partial charge in [0.1, 0.15) is 16.6 Å². The first-order valence-corrected chi connectivity index (χ1v) is 8.06. The Labute approximate surface area is 146 Å². The van der Waals surface area contributed by atoms with Gasteiger partial charge in [-0.3, -0.25) is 4.79 Å². The highest BCUT2D eigenvalue weighted by Gasteiger charge is 2.15. The molecule has 1 aromatic heterocycles. The molecule has 0 aliphatic rings. The van der Waals surface area contributed by atoms with Gasteiger partial charge in [-0.15, -0.1) is 0 Å². The van der Waals surface area contributed by atoms with Gasteiger partial charge in [0.05, 0.1) is 19.2 Å². The predicted molar refractivity (Wildman–Crippen MR) is 92.4 cm³/mol. The van der Waals surface area contributed by atoms with E-state index >= 15 is 0 Å². The molecule has 0 unspecified atom stereocenters. The molecule has 0 bridgehead atoms. The van der Waals surface area contributed by atoms with Crippen molar-refractivity contribution >= 4 is 17.4 Å². The highest BCUT2D eigenvalue weighted by molar-refractivity contribution is 7.09. The minimum absolute atomic E-state index is 0.272. The van der Waals surface area contributed by atoms with Gasteiger partial charge >= 0.3 is 5.69 Å². The maximum atomic E-state index is 13.0. The third-order valence-electron chi connectivity index (χ3n) is 3.56. The largest absolute Gasteiger partial charge is 0.496 e. The standard InChI is InChI=1S/C17H14FN3O3S/c1-24-14-7-4-11(15(19)22)8-13(14)16-20-17(23)21(25-16)9-10-2-5-12(18)6-3-10/h2-8H,9H2,1H3,(H2,19,22). The second-order valence-corrected chi connectivity index (χ2v) is 6.24. The number of primary amides is 1. The van der Waals surface area contributed by atoms with Gasteiger partial charge in [-0.2, -0.15) is 4.98 Å². The SMILES string of the molecule is COc1ccc(C(N)=O)cc1-c1nc(=O)n(Cc2ccc(F)cc2)s1. The first-order valence-electron chi connectivity index (χ1n) is 7.28. The highest BCUT2D eigenvalue weighted by atomic mass is 32.1. The smallest absolute Gasteiger partial charge is 0.358 e. The van der Waals surface area contributed by atoms with Crippen molar-refractivity contribution in [2.45, 2.75) is 6.54 Å². The summed E-state index contributed by atoms with van der Waals surface area (Å²) in [6.45, 7) is 0.272. The molecule has 2 aromatic carbocycles. The van der Waals surface area contributed by atoms with Crippen LogP contribution in [0.4, 0.5) is 4.39 Å². The van der Waals surface area contributed by atoms with Gasteiger partial charge in [0.15, 0.2) is 0 Å². The maximum absolute atomic E-state index is 13.0. The zero-order chi connectivity index (χ0) is 18.0. The monoisotopic (exact) mass is 359 g/mol. The quantitative estimate of drug-likeness (QED) is 0.757. The van der Waals surface area contributed by atoms with Crippen LogP contribution >= 0.6 is 11.5 Å². The number of halogens is 1. The first-order chi connectivity index (χ1) is 12.0. The summed E-state index contributed by atoms with van der Waals surface area (Å²) in [6.07, 6.45) is 0. The molecule has 8 heteroatoms. The first kappa shape index (κ1) is 16.8. The summed E-state index contributed by atoms with van der Waals surface area (Å²) in [5.74, 6) is -0.441. The van der Waals surface area contributed by atoms with E-state index in [9.17, 15) is 14.0 Å². The van der Waals surface area contributed by atoms with Crippen LogP contribution < -0.4 is 16.2 Å². The van der Waals surface area contributed by atoms with Crippen LogP contribution in [0.5, 0.6) is 5.75 Å². The van der Waals surface area contributed by atoms with Crippen LogP contribution in [0.25, 0.3) is 10.6 Å². The van der Waals surface area contributed by atoms with Gasteiger partial charge < -0.3 is 10.5 Å². The van der Waals surface area contributed by atoms with Gasteiger partial charge in [-0.25, -0.2) is 13.1 Å². The zero-order valence-electron chi connectivity index (χ0n) is 13.2. The summed E-state index contributed by atoms with van der Waals surface area (Å²) >= 11 is 1.13. The number of carbonyl (C=O) groups excluding carboxylic acids is 1. The predicted octanol–water partition coefficient (Wildman–Crippen LogP) is 2.27.